The maximum atomic E-state index is 11.9. The molecule has 0 aliphatic carbocycles. The fourth-order valence-corrected chi connectivity index (χ4v) is 2.47. The molecule has 1 atom stereocenters. The summed E-state index contributed by atoms with van der Waals surface area (Å²) in [5.74, 6) is -0.754. The lowest BCUT2D eigenvalue weighted by atomic mass is 10.0. The van der Waals surface area contributed by atoms with Crippen LogP contribution in [0.2, 0.25) is 5.02 Å². The number of benzodiazepines with no additional fused rings is 1. The fourth-order valence-electron chi connectivity index (χ4n) is 1.93. The number of hydrogen-bond acceptors (Lipinski definition) is 3. The Morgan fingerprint density at radius 3 is 2.90 bits per heavy atom. The van der Waals surface area contributed by atoms with Gasteiger partial charge in [0.2, 0.25) is 6.23 Å². The second kappa shape index (κ2) is 5.60. The molecular formula is C15H10BrClN2O2. The van der Waals surface area contributed by atoms with E-state index in [1.54, 1.807) is 18.2 Å². The van der Waals surface area contributed by atoms with Crippen LogP contribution >= 0.6 is 27.5 Å². The van der Waals surface area contributed by atoms with Crippen LogP contribution in [-0.2, 0) is 4.79 Å². The van der Waals surface area contributed by atoms with E-state index in [0.717, 1.165) is 0 Å². The number of fused-ring (bicyclic) bond motifs is 1. The minimum atomic E-state index is -1.74. The van der Waals surface area contributed by atoms with E-state index >= 15 is 0 Å². The minimum Gasteiger partial charge on any atom is -0.364 e. The SMILES string of the molecule is [2H]c1c([2H])c([2H])c(C2=NC(O)C(=O)Nc3ccc(Br)cc32)c(Cl)c1[2H]. The number of halogens is 2. The highest BCUT2D eigenvalue weighted by molar-refractivity contribution is 9.10. The number of aliphatic hydroxyl groups is 1. The smallest absolute Gasteiger partial charge is 0.276 e. The Hall–Kier alpha value is -1.69. The van der Waals surface area contributed by atoms with Crippen LogP contribution in [0.25, 0.3) is 0 Å². The number of benzene rings is 2. The van der Waals surface area contributed by atoms with Crippen molar-refractivity contribution in [2.24, 2.45) is 4.99 Å². The number of hydrogen-bond donors (Lipinski definition) is 2. The number of rotatable bonds is 1. The quantitative estimate of drug-likeness (QED) is 0.811. The van der Waals surface area contributed by atoms with Gasteiger partial charge in [0.25, 0.3) is 5.91 Å². The van der Waals surface area contributed by atoms with Crippen LogP contribution in [0.3, 0.4) is 0 Å². The molecule has 21 heavy (non-hydrogen) atoms. The number of carbonyl (C=O) groups is 1. The van der Waals surface area contributed by atoms with Gasteiger partial charge in [-0.25, -0.2) is 4.99 Å². The van der Waals surface area contributed by atoms with Crippen LogP contribution in [0.1, 0.15) is 16.6 Å². The van der Waals surface area contributed by atoms with Gasteiger partial charge >= 0.3 is 0 Å². The summed E-state index contributed by atoms with van der Waals surface area (Å²) >= 11 is 9.47. The summed E-state index contributed by atoms with van der Waals surface area (Å²) in [5, 5.41) is 12.2. The third-order valence-electron chi connectivity index (χ3n) is 2.86. The van der Waals surface area contributed by atoms with Gasteiger partial charge in [-0.2, -0.15) is 0 Å². The fraction of sp³-hybridized carbons (Fsp3) is 0.0667. The third-order valence-corrected chi connectivity index (χ3v) is 3.64. The maximum absolute atomic E-state index is 11.9. The number of aliphatic imine (C=N–C) groups is 1. The van der Waals surface area contributed by atoms with E-state index in [-0.39, 0.29) is 16.3 Å². The van der Waals surface area contributed by atoms with Gasteiger partial charge in [0.1, 0.15) is 0 Å². The minimum absolute atomic E-state index is 0.000787. The predicted octanol–water partition coefficient (Wildman–Crippen LogP) is 3.21. The van der Waals surface area contributed by atoms with Gasteiger partial charge in [-0.1, -0.05) is 45.7 Å². The summed E-state index contributed by atoms with van der Waals surface area (Å²) in [6.45, 7) is 0. The predicted molar refractivity (Wildman–Crippen MR) is 85.9 cm³/mol. The molecule has 6 heteroatoms. The van der Waals surface area contributed by atoms with E-state index in [9.17, 15) is 9.90 Å². The average molecular weight is 370 g/mol. The van der Waals surface area contributed by atoms with Crippen molar-refractivity contribution < 1.29 is 15.4 Å². The highest BCUT2D eigenvalue weighted by atomic mass is 79.9. The number of anilines is 1. The Labute approximate surface area is 140 Å². The summed E-state index contributed by atoms with van der Waals surface area (Å²) in [6, 6.07) is 3.09. The molecule has 1 aliphatic rings. The van der Waals surface area contributed by atoms with Gasteiger partial charge < -0.3 is 10.4 Å². The van der Waals surface area contributed by atoms with E-state index in [1.165, 1.54) is 0 Å². The van der Waals surface area contributed by atoms with Crippen LogP contribution in [0, 0.1) is 0 Å². The normalized spacial score (nSPS) is 20.2. The summed E-state index contributed by atoms with van der Waals surface area (Å²) < 4.78 is 32.2. The van der Waals surface area contributed by atoms with Gasteiger partial charge in [-0.3, -0.25) is 4.79 Å². The molecule has 0 spiro atoms. The van der Waals surface area contributed by atoms with Gasteiger partial charge in [-0.05, 0) is 24.2 Å². The summed E-state index contributed by atoms with van der Waals surface area (Å²) in [7, 11) is 0. The molecule has 0 fully saturated rings. The molecule has 0 radical (unpaired) electrons. The Bertz CT molecular complexity index is 923. The van der Waals surface area contributed by atoms with Crippen molar-refractivity contribution >= 4 is 44.8 Å². The zero-order chi connectivity index (χ0) is 18.5. The van der Waals surface area contributed by atoms with Crippen LogP contribution < -0.4 is 5.32 Å². The zero-order valence-corrected chi connectivity index (χ0v) is 12.7. The molecule has 0 aromatic heterocycles. The Morgan fingerprint density at radius 1 is 1.33 bits per heavy atom. The Balaban J connectivity index is 2.39. The van der Waals surface area contributed by atoms with Crippen molar-refractivity contribution in [3.63, 3.8) is 0 Å². The first-order valence-corrected chi connectivity index (χ1v) is 7.02. The highest BCUT2D eigenvalue weighted by Gasteiger charge is 2.25. The van der Waals surface area contributed by atoms with Crippen LogP contribution in [-0.4, -0.2) is 23.0 Å². The molecule has 1 unspecified atom stereocenters. The average Bonchev–Trinajstić information content (AvgIpc) is 2.69. The molecule has 2 aromatic rings. The van der Waals surface area contributed by atoms with Gasteiger partial charge in [0.15, 0.2) is 0 Å². The molecule has 0 saturated carbocycles. The molecule has 4 nitrogen and oxygen atoms in total. The summed E-state index contributed by atoms with van der Waals surface area (Å²) in [5.41, 5.74) is 0.625. The lowest BCUT2D eigenvalue weighted by Crippen LogP contribution is -2.24. The van der Waals surface area contributed by atoms with Gasteiger partial charge in [0, 0.05) is 20.6 Å². The van der Waals surface area contributed by atoms with Crippen molar-refractivity contribution in [3.05, 3.63) is 63.0 Å². The molecule has 3 rings (SSSR count). The van der Waals surface area contributed by atoms with Crippen molar-refractivity contribution in [3.8, 4) is 0 Å². The molecule has 0 bridgehead atoms. The number of aliphatic hydroxyl groups excluding tert-OH is 1. The number of amides is 1. The second-order valence-corrected chi connectivity index (χ2v) is 5.51. The van der Waals surface area contributed by atoms with Crippen molar-refractivity contribution in [1.82, 2.24) is 0 Å². The van der Waals surface area contributed by atoms with Crippen LogP contribution in [0.4, 0.5) is 5.69 Å². The zero-order valence-electron chi connectivity index (χ0n) is 14.4. The first kappa shape index (κ1) is 10.1. The van der Waals surface area contributed by atoms with E-state index in [4.69, 9.17) is 17.1 Å². The van der Waals surface area contributed by atoms with Gasteiger partial charge in [-0.15, -0.1) is 0 Å². The first-order chi connectivity index (χ1) is 11.7. The highest BCUT2D eigenvalue weighted by Crippen LogP contribution is 2.29. The van der Waals surface area contributed by atoms with Crippen molar-refractivity contribution in [2.45, 2.75) is 6.23 Å². The van der Waals surface area contributed by atoms with E-state index < -0.39 is 36.3 Å². The Morgan fingerprint density at radius 2 is 2.10 bits per heavy atom. The molecule has 106 valence electrons. The van der Waals surface area contributed by atoms with Crippen molar-refractivity contribution in [1.29, 1.82) is 0 Å². The topological polar surface area (TPSA) is 61.7 Å². The van der Waals surface area contributed by atoms with Crippen LogP contribution in [0.15, 0.2) is 51.8 Å². The van der Waals surface area contributed by atoms with Gasteiger partial charge in [0.05, 0.1) is 16.9 Å². The first-order valence-electron chi connectivity index (χ1n) is 7.85. The number of nitrogens with one attached hydrogen (secondary N) is 1. The molecule has 2 N–H and O–H groups in total. The lowest BCUT2D eigenvalue weighted by Gasteiger charge is -2.11. The molecular weight excluding hydrogens is 356 g/mol. The van der Waals surface area contributed by atoms with Crippen LogP contribution in [0.5, 0.6) is 0 Å². The standard InChI is InChI=1S/C15H10BrClN2O2/c16-8-5-6-12-10(7-8)13(19-15(21)14(20)18-12)9-3-1-2-4-11(9)17/h1-7,15,21H,(H,18,20)/i1D,2D,3D,4D. The Kier molecular flexibility index (Phi) is 2.69. The largest absolute Gasteiger partial charge is 0.364 e. The molecule has 1 amide bonds. The summed E-state index contributed by atoms with van der Waals surface area (Å²) in [4.78, 5) is 15.9. The number of nitrogens with zero attached hydrogens (tertiary/aromatic N) is 1. The number of carbonyl (C=O) groups excluding carboxylic acids is 1. The lowest BCUT2D eigenvalue weighted by molar-refractivity contribution is -0.123. The van der Waals surface area contributed by atoms with E-state index in [2.05, 4.69) is 26.2 Å². The maximum Gasteiger partial charge on any atom is 0.276 e. The monoisotopic (exact) mass is 368 g/mol. The molecule has 1 heterocycles. The van der Waals surface area contributed by atoms with Crippen molar-refractivity contribution in [2.75, 3.05) is 5.32 Å². The molecule has 1 aliphatic heterocycles. The molecule has 0 saturated heterocycles. The summed E-state index contributed by atoms with van der Waals surface area (Å²) in [6.07, 6.45) is -1.74. The second-order valence-electron chi connectivity index (χ2n) is 4.22. The molecule has 2 aromatic carbocycles. The van der Waals surface area contributed by atoms with E-state index in [0.29, 0.717) is 15.7 Å². The van der Waals surface area contributed by atoms with E-state index in [1.807, 2.05) is 0 Å². The third kappa shape index (κ3) is 2.72.